The highest BCUT2D eigenvalue weighted by Crippen LogP contribution is 2.17. The van der Waals surface area contributed by atoms with E-state index in [0.29, 0.717) is 6.42 Å². The zero-order chi connectivity index (χ0) is 21.9. The molecule has 0 aromatic heterocycles. The quantitative estimate of drug-likeness (QED) is 0.158. The summed E-state index contributed by atoms with van der Waals surface area (Å²) in [5.41, 5.74) is 0. The van der Waals surface area contributed by atoms with Crippen molar-refractivity contribution < 1.29 is 29.6 Å². The molecule has 0 aliphatic carbocycles. The van der Waals surface area contributed by atoms with Gasteiger partial charge >= 0.3 is 5.97 Å². The highest BCUT2D eigenvalue weighted by Gasteiger charge is 2.24. The Morgan fingerprint density at radius 1 is 0.759 bits per heavy atom. The third kappa shape index (κ3) is 16.5. The lowest BCUT2D eigenvalue weighted by atomic mass is 9.96. The first-order valence-corrected chi connectivity index (χ1v) is 11.6. The highest BCUT2D eigenvalue weighted by molar-refractivity contribution is 5.97. The zero-order valence-electron chi connectivity index (χ0n) is 18.6. The van der Waals surface area contributed by atoms with Crippen molar-refractivity contribution in [2.24, 2.45) is 5.92 Å². The van der Waals surface area contributed by atoms with Crippen LogP contribution in [0.5, 0.6) is 0 Å². The standard InChI is InChI=1S/C23H44O6/c1-3-4-5-11-14-20(26)15-12-9-7-6-8-10-13-16-22(19(2)25)23(28)29-18-21(27)17-24/h20-22,24,26-27H,3-18H2,1-2H3. The second-order valence-corrected chi connectivity index (χ2v) is 8.19. The zero-order valence-corrected chi connectivity index (χ0v) is 18.6. The summed E-state index contributed by atoms with van der Waals surface area (Å²) in [6.07, 6.45) is 13.2. The van der Waals surface area contributed by atoms with E-state index in [4.69, 9.17) is 9.84 Å². The van der Waals surface area contributed by atoms with Crippen LogP contribution in [0, 0.1) is 5.92 Å². The van der Waals surface area contributed by atoms with E-state index >= 15 is 0 Å². The average Bonchev–Trinajstić information content (AvgIpc) is 2.70. The molecule has 6 nitrogen and oxygen atoms in total. The Balaban J connectivity index is 3.68. The molecule has 0 aliphatic rings. The fourth-order valence-corrected chi connectivity index (χ4v) is 3.38. The first-order chi connectivity index (χ1) is 13.9. The van der Waals surface area contributed by atoms with Crippen LogP contribution in [0.4, 0.5) is 0 Å². The number of aliphatic hydroxyl groups excluding tert-OH is 3. The molecule has 0 saturated carbocycles. The fraction of sp³-hybridized carbons (Fsp3) is 0.913. The van der Waals surface area contributed by atoms with Gasteiger partial charge in [0.15, 0.2) is 0 Å². The SMILES string of the molecule is CCCCCCC(O)CCCCCCCCCC(C(C)=O)C(=O)OCC(O)CO. The van der Waals surface area contributed by atoms with E-state index in [-0.39, 0.29) is 18.5 Å². The molecule has 0 saturated heterocycles. The lowest BCUT2D eigenvalue weighted by Gasteiger charge is -2.14. The Labute approximate surface area is 177 Å². The third-order valence-electron chi connectivity index (χ3n) is 5.33. The third-order valence-corrected chi connectivity index (χ3v) is 5.33. The molecule has 0 rings (SSSR count). The minimum atomic E-state index is -1.10. The molecule has 0 bridgehead atoms. The van der Waals surface area contributed by atoms with Crippen molar-refractivity contribution in [1.82, 2.24) is 0 Å². The van der Waals surface area contributed by atoms with Gasteiger partial charge in [0, 0.05) is 0 Å². The molecule has 3 unspecified atom stereocenters. The molecule has 0 aliphatic heterocycles. The molecule has 0 aromatic carbocycles. The second kappa shape index (κ2) is 19.0. The van der Waals surface area contributed by atoms with E-state index in [9.17, 15) is 19.8 Å². The molecule has 3 atom stereocenters. The van der Waals surface area contributed by atoms with Gasteiger partial charge in [0.05, 0.1) is 12.7 Å². The van der Waals surface area contributed by atoms with Crippen LogP contribution in [0.3, 0.4) is 0 Å². The highest BCUT2D eigenvalue weighted by atomic mass is 16.5. The Bertz CT molecular complexity index is 412. The van der Waals surface area contributed by atoms with Gasteiger partial charge in [0.2, 0.25) is 0 Å². The summed E-state index contributed by atoms with van der Waals surface area (Å²) in [5, 5.41) is 27.9. The van der Waals surface area contributed by atoms with Gasteiger partial charge in [-0.3, -0.25) is 9.59 Å². The number of unbranched alkanes of at least 4 members (excludes halogenated alkanes) is 9. The van der Waals surface area contributed by atoms with Gasteiger partial charge in [-0.25, -0.2) is 0 Å². The van der Waals surface area contributed by atoms with Crippen LogP contribution in [-0.4, -0.2) is 52.5 Å². The molecule has 0 radical (unpaired) electrons. The number of Topliss-reactive ketones (excluding diaryl/α,β-unsaturated/α-hetero) is 1. The molecule has 0 aromatic rings. The Kier molecular flexibility index (Phi) is 18.4. The van der Waals surface area contributed by atoms with Crippen molar-refractivity contribution in [2.45, 2.75) is 116 Å². The van der Waals surface area contributed by atoms with Crippen LogP contribution in [0.15, 0.2) is 0 Å². The second-order valence-electron chi connectivity index (χ2n) is 8.19. The summed E-state index contributed by atoms with van der Waals surface area (Å²) in [5.74, 6) is -1.61. The molecule has 6 heteroatoms. The van der Waals surface area contributed by atoms with E-state index in [1.807, 2.05) is 0 Å². The number of carbonyl (C=O) groups is 2. The largest absolute Gasteiger partial charge is 0.462 e. The molecule has 29 heavy (non-hydrogen) atoms. The molecule has 0 spiro atoms. The maximum absolute atomic E-state index is 11.9. The summed E-state index contributed by atoms with van der Waals surface area (Å²) in [4.78, 5) is 23.6. The van der Waals surface area contributed by atoms with E-state index in [0.717, 1.165) is 64.2 Å². The van der Waals surface area contributed by atoms with E-state index in [1.54, 1.807) is 0 Å². The lowest BCUT2D eigenvalue weighted by Crippen LogP contribution is -2.29. The summed E-state index contributed by atoms with van der Waals surface area (Å²) in [7, 11) is 0. The van der Waals surface area contributed by atoms with Gasteiger partial charge in [0.1, 0.15) is 24.4 Å². The number of ketones is 1. The molecule has 0 amide bonds. The van der Waals surface area contributed by atoms with Gasteiger partial charge in [-0.15, -0.1) is 0 Å². The normalized spacial score (nSPS) is 14.4. The Morgan fingerprint density at radius 2 is 1.24 bits per heavy atom. The maximum Gasteiger partial charge on any atom is 0.316 e. The van der Waals surface area contributed by atoms with Gasteiger partial charge in [-0.05, 0) is 26.2 Å². The minimum absolute atomic E-state index is 0.145. The number of carbonyl (C=O) groups excluding carboxylic acids is 2. The molecule has 3 N–H and O–H groups in total. The monoisotopic (exact) mass is 416 g/mol. The molecule has 0 heterocycles. The summed E-state index contributed by atoms with van der Waals surface area (Å²) < 4.78 is 4.91. The summed E-state index contributed by atoms with van der Waals surface area (Å²) in [6, 6.07) is 0. The predicted molar refractivity (Wildman–Crippen MR) is 115 cm³/mol. The minimum Gasteiger partial charge on any atom is -0.462 e. The van der Waals surface area contributed by atoms with Crippen molar-refractivity contribution in [2.75, 3.05) is 13.2 Å². The van der Waals surface area contributed by atoms with Crippen LogP contribution in [0.1, 0.15) is 104 Å². The van der Waals surface area contributed by atoms with Crippen molar-refractivity contribution >= 4 is 11.8 Å². The van der Waals surface area contributed by atoms with Gasteiger partial charge in [-0.2, -0.15) is 0 Å². The molecule has 0 fully saturated rings. The number of aliphatic hydroxyl groups is 3. The van der Waals surface area contributed by atoms with Gasteiger partial charge < -0.3 is 20.1 Å². The number of hydrogen-bond acceptors (Lipinski definition) is 6. The van der Waals surface area contributed by atoms with Crippen LogP contribution < -0.4 is 0 Å². The lowest BCUT2D eigenvalue weighted by molar-refractivity contribution is -0.155. The van der Waals surface area contributed by atoms with Gasteiger partial charge in [-0.1, -0.05) is 77.6 Å². The number of ether oxygens (including phenoxy) is 1. The van der Waals surface area contributed by atoms with Crippen molar-refractivity contribution in [3.05, 3.63) is 0 Å². The molecular formula is C23H44O6. The number of esters is 1. The number of rotatable bonds is 20. The van der Waals surface area contributed by atoms with Crippen LogP contribution in [-0.2, 0) is 14.3 Å². The fourth-order valence-electron chi connectivity index (χ4n) is 3.38. The topological polar surface area (TPSA) is 104 Å². The van der Waals surface area contributed by atoms with E-state index in [1.165, 1.54) is 26.2 Å². The first-order valence-electron chi connectivity index (χ1n) is 11.6. The Hall–Kier alpha value is -0.980. The van der Waals surface area contributed by atoms with Crippen molar-refractivity contribution in [1.29, 1.82) is 0 Å². The summed E-state index contributed by atoms with van der Waals surface area (Å²) in [6.45, 7) is 2.81. The van der Waals surface area contributed by atoms with E-state index < -0.39 is 24.6 Å². The van der Waals surface area contributed by atoms with Crippen LogP contribution in [0.25, 0.3) is 0 Å². The smallest absolute Gasteiger partial charge is 0.316 e. The Morgan fingerprint density at radius 3 is 1.72 bits per heavy atom. The van der Waals surface area contributed by atoms with Crippen LogP contribution >= 0.6 is 0 Å². The average molecular weight is 417 g/mol. The predicted octanol–water partition coefficient (Wildman–Crippen LogP) is 3.93. The van der Waals surface area contributed by atoms with Gasteiger partial charge in [0.25, 0.3) is 0 Å². The maximum atomic E-state index is 11.9. The molecular weight excluding hydrogens is 372 g/mol. The summed E-state index contributed by atoms with van der Waals surface area (Å²) >= 11 is 0. The number of hydrogen-bond donors (Lipinski definition) is 3. The van der Waals surface area contributed by atoms with Crippen molar-refractivity contribution in [3.8, 4) is 0 Å². The van der Waals surface area contributed by atoms with Crippen LogP contribution in [0.2, 0.25) is 0 Å². The van der Waals surface area contributed by atoms with Crippen molar-refractivity contribution in [3.63, 3.8) is 0 Å². The van der Waals surface area contributed by atoms with E-state index in [2.05, 4.69) is 6.92 Å². The molecule has 172 valence electrons. The first kappa shape index (κ1) is 28.0.